The minimum Gasteiger partial charge on any atom is -0.508 e. The summed E-state index contributed by atoms with van der Waals surface area (Å²) in [5, 5.41) is 11.3. The van der Waals surface area contributed by atoms with Gasteiger partial charge in [-0.3, -0.25) is 19.2 Å². The van der Waals surface area contributed by atoms with Crippen molar-refractivity contribution in [3.8, 4) is 5.75 Å². The Bertz CT molecular complexity index is 1590. The minimum atomic E-state index is -0.721. The highest BCUT2D eigenvalue weighted by molar-refractivity contribution is 9.12. The van der Waals surface area contributed by atoms with Gasteiger partial charge in [-0.2, -0.15) is 0 Å². The van der Waals surface area contributed by atoms with E-state index in [-0.39, 0.29) is 40.0 Å². The van der Waals surface area contributed by atoms with Crippen molar-refractivity contribution in [1.82, 2.24) is 0 Å². The molecule has 2 aromatic carbocycles. The van der Waals surface area contributed by atoms with E-state index in [1.165, 1.54) is 17.0 Å². The van der Waals surface area contributed by atoms with Crippen molar-refractivity contribution in [3.05, 3.63) is 90.4 Å². The van der Waals surface area contributed by atoms with E-state index < -0.39 is 23.7 Å². The van der Waals surface area contributed by atoms with E-state index in [1.807, 2.05) is 13.0 Å². The lowest BCUT2D eigenvalue weighted by molar-refractivity contribution is -0.123. The molecule has 38 heavy (non-hydrogen) atoms. The molecular formula is C29H20Br2ClNO5. The number of nitrogens with zero attached hydrogens (tertiary/aromatic N) is 1. The monoisotopic (exact) mass is 655 g/mol. The smallest absolute Gasteiger partial charge is 0.238 e. The number of hydrogen-bond acceptors (Lipinski definition) is 5. The molecule has 1 saturated heterocycles. The number of anilines is 1. The number of aromatic hydroxyl groups is 1. The average Bonchev–Trinajstić information content (AvgIpc) is 3.14. The van der Waals surface area contributed by atoms with Gasteiger partial charge in [0.2, 0.25) is 11.8 Å². The largest absolute Gasteiger partial charge is 0.508 e. The Morgan fingerprint density at radius 3 is 2.50 bits per heavy atom. The molecule has 9 heteroatoms. The van der Waals surface area contributed by atoms with Crippen LogP contribution in [0, 0.1) is 24.7 Å². The van der Waals surface area contributed by atoms with Gasteiger partial charge in [0, 0.05) is 38.2 Å². The van der Waals surface area contributed by atoms with Gasteiger partial charge in [-0.05, 0) is 77.5 Å². The topological polar surface area (TPSA) is 91.8 Å². The Labute approximate surface area is 240 Å². The second-order valence-corrected chi connectivity index (χ2v) is 12.2. The van der Waals surface area contributed by atoms with Crippen LogP contribution < -0.4 is 4.90 Å². The third-order valence-corrected chi connectivity index (χ3v) is 9.53. The number of phenolic OH excluding ortho intramolecular Hbond substituents is 1. The van der Waals surface area contributed by atoms with Gasteiger partial charge in [-0.15, -0.1) is 0 Å². The van der Waals surface area contributed by atoms with Gasteiger partial charge >= 0.3 is 0 Å². The van der Waals surface area contributed by atoms with Gasteiger partial charge < -0.3 is 5.11 Å². The summed E-state index contributed by atoms with van der Waals surface area (Å²) in [5.41, 5.74) is 3.11. The zero-order chi connectivity index (χ0) is 27.0. The lowest BCUT2D eigenvalue weighted by atomic mass is 9.59. The zero-order valence-electron chi connectivity index (χ0n) is 20.0. The first-order valence-electron chi connectivity index (χ1n) is 12.1. The van der Waals surface area contributed by atoms with Crippen molar-refractivity contribution in [1.29, 1.82) is 0 Å². The number of aryl methyl sites for hydroxylation is 1. The van der Waals surface area contributed by atoms with Crippen molar-refractivity contribution in [2.24, 2.45) is 17.8 Å². The summed E-state index contributed by atoms with van der Waals surface area (Å²) in [6, 6.07) is 10.0. The van der Waals surface area contributed by atoms with E-state index >= 15 is 0 Å². The second kappa shape index (κ2) is 9.14. The molecule has 0 bridgehead atoms. The first-order valence-corrected chi connectivity index (χ1v) is 14.1. The Kier molecular flexibility index (Phi) is 6.13. The number of benzene rings is 2. The number of amides is 2. The maximum atomic E-state index is 13.9. The van der Waals surface area contributed by atoms with Gasteiger partial charge in [0.1, 0.15) is 5.75 Å². The highest BCUT2D eigenvalue weighted by Gasteiger charge is 2.57. The maximum absolute atomic E-state index is 13.9. The molecule has 3 aliphatic carbocycles. The molecule has 1 fully saturated rings. The summed E-state index contributed by atoms with van der Waals surface area (Å²) in [4.78, 5) is 55.3. The molecule has 0 spiro atoms. The summed E-state index contributed by atoms with van der Waals surface area (Å²) in [7, 11) is 0. The number of imide groups is 1. The van der Waals surface area contributed by atoms with Crippen molar-refractivity contribution in [2.45, 2.75) is 25.7 Å². The standard InChI is InChI=1S/C29H20Br2ClNO5/c1-12-2-4-14(9-21(12)32)33-28(37)16-6-5-15-17(25(16)29(33)38)10-19-26(23(35)11-20(31)27(19)36)24(15)18-8-13(30)3-7-22(18)34/h2-5,7-9,11,16-17,24-25,34H,6,10H2,1H3/t16-,17+,24+,25-/m0/s1. The molecule has 192 valence electrons. The van der Waals surface area contributed by atoms with Crippen LogP contribution >= 0.6 is 43.5 Å². The van der Waals surface area contributed by atoms with E-state index in [9.17, 15) is 24.3 Å². The molecule has 0 saturated carbocycles. The predicted octanol–water partition coefficient (Wildman–Crippen LogP) is 6.08. The summed E-state index contributed by atoms with van der Waals surface area (Å²) in [5.74, 6) is -3.82. The van der Waals surface area contributed by atoms with Gasteiger partial charge in [-0.1, -0.05) is 45.2 Å². The highest BCUT2D eigenvalue weighted by atomic mass is 79.9. The Morgan fingerprint density at radius 1 is 1.00 bits per heavy atom. The fourth-order valence-electron chi connectivity index (χ4n) is 6.29. The van der Waals surface area contributed by atoms with Gasteiger partial charge in [0.25, 0.3) is 0 Å². The SMILES string of the molecule is Cc1ccc(N2C(=O)[C@H]3[C@H](CC=C4[C@H](c5cc(Br)ccc5O)C5=C(C[C@H]43)C(=O)C(Br)=CC5=O)C2=O)cc1Cl. The summed E-state index contributed by atoms with van der Waals surface area (Å²) in [6.45, 7) is 1.84. The van der Waals surface area contributed by atoms with E-state index in [4.69, 9.17) is 11.6 Å². The molecule has 4 atom stereocenters. The normalized spacial score (nSPS) is 26.7. The first kappa shape index (κ1) is 25.5. The number of hydrogen-bond donors (Lipinski definition) is 1. The fraction of sp³-hybridized carbons (Fsp3) is 0.241. The van der Waals surface area contributed by atoms with Gasteiger partial charge in [0.15, 0.2) is 11.6 Å². The third kappa shape index (κ3) is 3.72. The number of rotatable bonds is 2. The average molecular weight is 658 g/mol. The van der Waals surface area contributed by atoms with E-state index in [0.29, 0.717) is 38.3 Å². The lowest BCUT2D eigenvalue weighted by Crippen LogP contribution is -2.39. The number of ketones is 2. The molecule has 1 heterocycles. The van der Waals surface area contributed by atoms with Crippen LogP contribution in [0.25, 0.3) is 0 Å². The van der Waals surface area contributed by atoms with Crippen molar-refractivity contribution in [2.75, 3.05) is 4.90 Å². The van der Waals surface area contributed by atoms with E-state index in [2.05, 4.69) is 31.9 Å². The van der Waals surface area contributed by atoms with Crippen LogP contribution in [0.15, 0.2) is 74.2 Å². The molecule has 6 rings (SSSR count). The van der Waals surface area contributed by atoms with Crippen molar-refractivity contribution in [3.63, 3.8) is 0 Å². The molecule has 2 aromatic rings. The lowest BCUT2D eigenvalue weighted by Gasteiger charge is -2.42. The number of allylic oxidation sites excluding steroid dienone is 6. The van der Waals surface area contributed by atoms with Crippen LogP contribution in [0.2, 0.25) is 5.02 Å². The molecule has 1 aliphatic heterocycles. The molecule has 1 N–H and O–H groups in total. The van der Waals surface area contributed by atoms with Crippen molar-refractivity contribution >= 4 is 72.5 Å². The number of carbonyl (C=O) groups excluding carboxylic acids is 4. The Balaban J connectivity index is 1.50. The summed E-state index contributed by atoms with van der Waals surface area (Å²) >= 11 is 13.0. The quantitative estimate of drug-likeness (QED) is 0.240. The number of Topliss-reactive ketones (excluding diaryl/α,β-unsaturated/α-hetero) is 1. The van der Waals surface area contributed by atoms with Crippen LogP contribution in [-0.4, -0.2) is 28.5 Å². The molecule has 2 amide bonds. The van der Waals surface area contributed by atoms with Crippen LogP contribution in [0.3, 0.4) is 0 Å². The van der Waals surface area contributed by atoms with Crippen LogP contribution in [0.1, 0.15) is 29.9 Å². The summed E-state index contributed by atoms with van der Waals surface area (Å²) in [6.07, 6.45) is 3.65. The van der Waals surface area contributed by atoms with Gasteiger partial charge in [0.05, 0.1) is 22.0 Å². The number of halogens is 3. The summed E-state index contributed by atoms with van der Waals surface area (Å²) < 4.78 is 0.854. The highest BCUT2D eigenvalue weighted by Crippen LogP contribution is 2.56. The number of phenols is 1. The molecule has 0 radical (unpaired) electrons. The molecule has 6 nitrogen and oxygen atoms in total. The Morgan fingerprint density at radius 2 is 1.76 bits per heavy atom. The second-order valence-electron chi connectivity index (χ2n) is 10.0. The number of fused-ring (bicyclic) bond motifs is 3. The van der Waals surface area contributed by atoms with Crippen LogP contribution in [0.5, 0.6) is 5.75 Å². The van der Waals surface area contributed by atoms with Crippen LogP contribution in [0.4, 0.5) is 5.69 Å². The maximum Gasteiger partial charge on any atom is 0.238 e. The molecule has 0 unspecified atom stereocenters. The van der Waals surface area contributed by atoms with Crippen molar-refractivity contribution < 1.29 is 24.3 Å². The van der Waals surface area contributed by atoms with E-state index in [1.54, 1.807) is 30.3 Å². The molecular weight excluding hydrogens is 638 g/mol. The zero-order valence-corrected chi connectivity index (χ0v) is 23.9. The Hall–Kier alpha value is -2.81. The third-order valence-electron chi connectivity index (χ3n) is 8.05. The number of carbonyl (C=O) groups is 4. The molecule has 0 aromatic heterocycles. The first-order chi connectivity index (χ1) is 18.1. The minimum absolute atomic E-state index is 0.0210. The fourth-order valence-corrected chi connectivity index (χ4v) is 7.29. The van der Waals surface area contributed by atoms with Gasteiger partial charge in [-0.25, -0.2) is 4.90 Å². The van der Waals surface area contributed by atoms with E-state index in [0.717, 1.165) is 11.1 Å². The predicted molar refractivity (Wildman–Crippen MR) is 149 cm³/mol. The molecule has 4 aliphatic rings. The van der Waals surface area contributed by atoms with Crippen LogP contribution in [-0.2, 0) is 19.2 Å².